The molecule has 1 aromatic heterocycles. The summed E-state index contributed by atoms with van der Waals surface area (Å²) in [6.45, 7) is 0. The molecule has 0 atom stereocenters. The number of halogens is 2. The van der Waals surface area contributed by atoms with E-state index in [-0.39, 0.29) is 21.7 Å². The lowest BCUT2D eigenvalue weighted by Crippen LogP contribution is -2.14. The van der Waals surface area contributed by atoms with Gasteiger partial charge in [0.2, 0.25) is 15.2 Å². The second-order valence-electron chi connectivity index (χ2n) is 4.35. The van der Waals surface area contributed by atoms with Gasteiger partial charge in [-0.05, 0) is 17.7 Å². The molecule has 0 unspecified atom stereocenters. The number of carbonyl (C=O) groups excluding carboxylic acids is 1. The topological polar surface area (TPSA) is 98.2 Å². The van der Waals surface area contributed by atoms with E-state index < -0.39 is 16.0 Å². The van der Waals surface area contributed by atoms with E-state index in [0.29, 0.717) is 14.9 Å². The fourth-order valence-corrected chi connectivity index (χ4v) is 4.81. The number of methoxy groups -OCH3 is 1. The molecule has 0 bridgehead atoms. The van der Waals surface area contributed by atoms with E-state index >= 15 is 0 Å². The highest BCUT2D eigenvalue weighted by molar-refractivity contribution is 8.01. The summed E-state index contributed by atoms with van der Waals surface area (Å²) in [5.41, 5.74) is 0.488. The first kappa shape index (κ1) is 19.3. The summed E-state index contributed by atoms with van der Waals surface area (Å²) >= 11 is 13.8. The van der Waals surface area contributed by atoms with E-state index in [1.165, 1.54) is 19.2 Å². The summed E-state index contributed by atoms with van der Waals surface area (Å²) in [7, 11) is -2.40. The van der Waals surface area contributed by atoms with Crippen molar-refractivity contribution in [2.75, 3.05) is 17.6 Å². The lowest BCUT2D eigenvalue weighted by Gasteiger charge is -2.05. The number of benzene rings is 1. The minimum absolute atomic E-state index is 0.0706. The maximum absolute atomic E-state index is 12.2. The van der Waals surface area contributed by atoms with E-state index in [1.807, 2.05) is 0 Å². The van der Waals surface area contributed by atoms with Crippen LogP contribution in [0.1, 0.15) is 5.56 Å². The maximum atomic E-state index is 12.2. The Morgan fingerprint density at radius 1 is 1.33 bits per heavy atom. The average molecular weight is 428 g/mol. The van der Waals surface area contributed by atoms with Crippen LogP contribution in [0.25, 0.3) is 0 Å². The van der Waals surface area contributed by atoms with Crippen molar-refractivity contribution in [3.63, 3.8) is 0 Å². The number of nitrogens with one attached hydrogen (secondary N) is 1. The predicted molar refractivity (Wildman–Crippen MR) is 95.4 cm³/mol. The lowest BCUT2D eigenvalue weighted by molar-refractivity contribution is -0.137. The monoisotopic (exact) mass is 427 g/mol. The predicted octanol–water partition coefficient (Wildman–Crippen LogP) is 3.05. The number of hydrogen-bond acceptors (Lipinski definition) is 8. The van der Waals surface area contributed by atoms with Gasteiger partial charge in [0, 0.05) is 0 Å². The fraction of sp³-hybridized carbons (Fsp3) is 0.250. The molecule has 2 aromatic rings. The summed E-state index contributed by atoms with van der Waals surface area (Å²) in [6, 6.07) is 4.59. The Labute approximate surface area is 156 Å². The number of carbonyl (C=O) groups is 1. The van der Waals surface area contributed by atoms with E-state index in [4.69, 9.17) is 23.2 Å². The summed E-state index contributed by atoms with van der Waals surface area (Å²) in [5.74, 6) is -0.619. The van der Waals surface area contributed by atoms with Crippen molar-refractivity contribution >= 4 is 67.4 Å². The number of anilines is 1. The van der Waals surface area contributed by atoms with Crippen LogP contribution in [0.15, 0.2) is 22.5 Å². The second kappa shape index (κ2) is 8.34. The molecule has 24 heavy (non-hydrogen) atoms. The van der Waals surface area contributed by atoms with E-state index in [2.05, 4.69) is 19.7 Å². The molecule has 0 amide bonds. The van der Waals surface area contributed by atoms with E-state index in [0.717, 1.165) is 23.1 Å². The first-order valence-electron chi connectivity index (χ1n) is 6.26. The molecule has 1 heterocycles. The third-order valence-electron chi connectivity index (χ3n) is 2.53. The van der Waals surface area contributed by atoms with Crippen molar-refractivity contribution in [2.45, 2.75) is 10.1 Å². The van der Waals surface area contributed by atoms with Gasteiger partial charge in [-0.2, -0.15) is 0 Å². The van der Waals surface area contributed by atoms with Crippen LogP contribution in [-0.2, 0) is 25.3 Å². The van der Waals surface area contributed by atoms with Crippen molar-refractivity contribution in [3.8, 4) is 0 Å². The van der Waals surface area contributed by atoms with Crippen LogP contribution in [0.3, 0.4) is 0 Å². The molecule has 0 saturated heterocycles. The van der Waals surface area contributed by atoms with Crippen LogP contribution in [0.4, 0.5) is 5.13 Å². The Kier molecular flexibility index (Phi) is 6.70. The average Bonchev–Trinajstić information content (AvgIpc) is 2.94. The lowest BCUT2D eigenvalue weighted by atomic mass is 10.2. The molecule has 12 heteroatoms. The van der Waals surface area contributed by atoms with Gasteiger partial charge in [0.25, 0.3) is 0 Å². The molecule has 130 valence electrons. The van der Waals surface area contributed by atoms with Crippen LogP contribution in [0, 0.1) is 0 Å². The Bertz CT molecular complexity index is 842. The Morgan fingerprint density at radius 3 is 2.75 bits per heavy atom. The molecule has 1 aromatic carbocycles. The number of aromatic nitrogens is 2. The summed E-state index contributed by atoms with van der Waals surface area (Å²) < 4.78 is 31.6. The Hall–Kier alpha value is -1.07. The zero-order valence-corrected chi connectivity index (χ0v) is 16.1. The van der Waals surface area contributed by atoms with Gasteiger partial charge >= 0.3 is 5.97 Å². The summed E-state index contributed by atoms with van der Waals surface area (Å²) in [6.07, 6.45) is 0. The molecular formula is C12H11Cl2N3O4S3. The fourth-order valence-electron chi connectivity index (χ4n) is 1.51. The van der Waals surface area contributed by atoms with Crippen LogP contribution < -0.4 is 4.72 Å². The molecule has 2 rings (SSSR count). The summed E-state index contributed by atoms with van der Waals surface area (Å²) in [5, 5.41) is 8.28. The van der Waals surface area contributed by atoms with Crippen molar-refractivity contribution in [1.82, 2.24) is 10.2 Å². The standard InChI is InChI=1S/C12H11Cl2N3O4S3/c1-21-10(18)5-22-12-16-15-11(23-12)17-24(19,20)6-7-2-3-8(13)9(14)4-7/h2-4H,5-6H2,1H3,(H,15,17). The van der Waals surface area contributed by atoms with Gasteiger partial charge in [0.05, 0.1) is 28.7 Å². The van der Waals surface area contributed by atoms with E-state index in [9.17, 15) is 13.2 Å². The third kappa shape index (κ3) is 5.78. The molecule has 0 spiro atoms. The molecule has 0 aliphatic carbocycles. The largest absolute Gasteiger partial charge is 0.468 e. The maximum Gasteiger partial charge on any atom is 0.316 e. The molecular weight excluding hydrogens is 417 g/mol. The molecule has 0 aliphatic rings. The van der Waals surface area contributed by atoms with Gasteiger partial charge in [-0.15, -0.1) is 10.2 Å². The smallest absolute Gasteiger partial charge is 0.316 e. The molecule has 0 radical (unpaired) electrons. The van der Waals surface area contributed by atoms with Gasteiger partial charge in [-0.3, -0.25) is 9.52 Å². The van der Waals surface area contributed by atoms with Gasteiger partial charge in [0.1, 0.15) is 0 Å². The highest BCUT2D eigenvalue weighted by atomic mass is 35.5. The zero-order valence-electron chi connectivity index (χ0n) is 12.2. The number of esters is 1. The van der Waals surface area contributed by atoms with Crippen molar-refractivity contribution in [2.24, 2.45) is 0 Å². The van der Waals surface area contributed by atoms with Crippen LogP contribution >= 0.6 is 46.3 Å². The van der Waals surface area contributed by atoms with Crippen molar-refractivity contribution in [1.29, 1.82) is 0 Å². The van der Waals surface area contributed by atoms with E-state index in [1.54, 1.807) is 6.07 Å². The number of rotatable bonds is 7. The molecule has 0 fully saturated rings. The SMILES string of the molecule is COC(=O)CSc1nnc(NS(=O)(=O)Cc2ccc(Cl)c(Cl)c2)s1. The first-order valence-corrected chi connectivity index (χ1v) is 10.5. The van der Waals surface area contributed by atoms with Crippen LogP contribution in [0.5, 0.6) is 0 Å². The minimum atomic E-state index is -3.68. The number of thioether (sulfide) groups is 1. The minimum Gasteiger partial charge on any atom is -0.468 e. The first-order chi connectivity index (χ1) is 11.3. The Balaban J connectivity index is 2.00. The molecule has 0 aliphatic heterocycles. The third-order valence-corrected chi connectivity index (χ3v) is 6.56. The summed E-state index contributed by atoms with van der Waals surface area (Å²) in [4.78, 5) is 11.1. The number of sulfonamides is 1. The molecule has 7 nitrogen and oxygen atoms in total. The normalized spacial score (nSPS) is 11.3. The van der Waals surface area contributed by atoms with Gasteiger partial charge in [0.15, 0.2) is 4.34 Å². The number of ether oxygens (including phenoxy) is 1. The zero-order chi connectivity index (χ0) is 17.7. The van der Waals surface area contributed by atoms with Crippen LogP contribution in [-0.4, -0.2) is 37.4 Å². The highest BCUT2D eigenvalue weighted by Crippen LogP contribution is 2.27. The van der Waals surface area contributed by atoms with Gasteiger partial charge in [-0.25, -0.2) is 8.42 Å². The van der Waals surface area contributed by atoms with Crippen LogP contribution in [0.2, 0.25) is 10.0 Å². The Morgan fingerprint density at radius 2 is 2.08 bits per heavy atom. The number of nitrogens with zero attached hydrogens (tertiary/aromatic N) is 2. The number of hydrogen-bond donors (Lipinski definition) is 1. The van der Waals surface area contributed by atoms with Crippen molar-refractivity contribution < 1.29 is 17.9 Å². The van der Waals surface area contributed by atoms with Gasteiger partial charge < -0.3 is 4.74 Å². The molecule has 0 saturated carbocycles. The van der Waals surface area contributed by atoms with Crippen molar-refractivity contribution in [3.05, 3.63) is 33.8 Å². The van der Waals surface area contributed by atoms with Gasteiger partial charge in [-0.1, -0.05) is 52.4 Å². The highest BCUT2D eigenvalue weighted by Gasteiger charge is 2.16. The second-order valence-corrected chi connectivity index (χ2v) is 9.08. The quantitative estimate of drug-likeness (QED) is 0.535. The molecule has 1 N–H and O–H groups in total.